The van der Waals surface area contributed by atoms with Crippen LogP contribution < -0.4 is 0 Å². The van der Waals surface area contributed by atoms with E-state index in [1.165, 1.54) is 5.56 Å². The van der Waals surface area contributed by atoms with Crippen molar-refractivity contribution in [1.82, 2.24) is 0 Å². The highest BCUT2D eigenvalue weighted by Crippen LogP contribution is 2.40. The lowest BCUT2D eigenvalue weighted by atomic mass is 9.83. The summed E-state index contributed by atoms with van der Waals surface area (Å²) < 4.78 is 0. The first-order valence-corrected chi connectivity index (χ1v) is 10.9. The van der Waals surface area contributed by atoms with Crippen LogP contribution >= 0.6 is 0 Å². The van der Waals surface area contributed by atoms with Gasteiger partial charge in [0.15, 0.2) is 0 Å². The van der Waals surface area contributed by atoms with Gasteiger partial charge in [0.2, 0.25) is 0 Å². The maximum Gasteiger partial charge on any atom is 0.331 e. The molecule has 0 unspecified atom stereocenters. The number of nitrogens with zero attached hydrogens (tertiary/aromatic N) is 2. The molecule has 0 heterocycles. The predicted molar refractivity (Wildman–Crippen MR) is 138 cm³/mol. The zero-order chi connectivity index (χ0) is 22.9. The number of hydrogen-bond donors (Lipinski definition) is 0. The lowest BCUT2D eigenvalue weighted by molar-refractivity contribution is -0.00264. The predicted octanol–water partition coefficient (Wildman–Crippen LogP) is 7.33. The van der Waals surface area contributed by atoms with Crippen LogP contribution in [0.4, 0.5) is 0 Å². The fraction of sp³-hybridized carbons (Fsp3) is 0.0645. The lowest BCUT2D eigenvalue weighted by Gasteiger charge is -2.16. The molecule has 0 fully saturated rings. The number of hydrogen-bond acceptors (Lipinski definition) is 0. The van der Waals surface area contributed by atoms with E-state index in [-0.39, 0.29) is 0 Å². The van der Waals surface area contributed by atoms with Gasteiger partial charge in [-0.15, -0.1) is 6.42 Å². The SMILES string of the molecule is C#Cc1cc(C)c(C(=[N+]=[N-])c2c3ccccc3c(-c3ccccc3)c3ccccc23)c(C)c1. The molecule has 33 heavy (non-hydrogen) atoms. The van der Waals surface area contributed by atoms with Crippen LogP contribution in [0.2, 0.25) is 0 Å². The van der Waals surface area contributed by atoms with Crippen LogP contribution in [0.1, 0.15) is 27.8 Å². The monoisotopic (exact) mass is 422 g/mol. The van der Waals surface area contributed by atoms with Gasteiger partial charge in [-0.2, -0.15) is 4.79 Å². The fourth-order valence-corrected chi connectivity index (χ4v) is 4.94. The van der Waals surface area contributed by atoms with E-state index in [4.69, 9.17) is 6.42 Å². The second-order valence-corrected chi connectivity index (χ2v) is 8.29. The second kappa shape index (κ2) is 8.24. The van der Waals surface area contributed by atoms with E-state index in [1.54, 1.807) is 0 Å². The van der Waals surface area contributed by atoms with Gasteiger partial charge < -0.3 is 5.53 Å². The third-order valence-corrected chi connectivity index (χ3v) is 6.27. The molecule has 0 atom stereocenters. The minimum Gasteiger partial charge on any atom is -0.361 e. The van der Waals surface area contributed by atoms with Gasteiger partial charge in [-0.1, -0.05) is 84.8 Å². The van der Waals surface area contributed by atoms with Crippen molar-refractivity contribution in [2.75, 3.05) is 0 Å². The summed E-state index contributed by atoms with van der Waals surface area (Å²) >= 11 is 0. The Balaban J connectivity index is 1.95. The van der Waals surface area contributed by atoms with Crippen molar-refractivity contribution in [1.29, 1.82) is 0 Å². The van der Waals surface area contributed by atoms with Gasteiger partial charge in [0.25, 0.3) is 0 Å². The molecule has 2 heteroatoms. The molecular weight excluding hydrogens is 400 g/mol. The molecule has 0 aromatic heterocycles. The number of aryl methyl sites for hydroxylation is 2. The Bertz CT molecular complexity index is 1550. The maximum absolute atomic E-state index is 10.4. The summed E-state index contributed by atoms with van der Waals surface area (Å²) in [4.78, 5) is 3.87. The zero-order valence-electron chi connectivity index (χ0n) is 18.6. The largest absolute Gasteiger partial charge is 0.361 e. The van der Waals surface area contributed by atoms with Crippen LogP contribution in [0.5, 0.6) is 0 Å². The number of rotatable bonds is 3. The molecule has 0 saturated carbocycles. The summed E-state index contributed by atoms with van der Waals surface area (Å²) in [6.45, 7) is 4.02. The maximum atomic E-state index is 10.4. The average Bonchev–Trinajstić information content (AvgIpc) is 2.85. The Kier molecular flexibility index (Phi) is 5.11. The van der Waals surface area contributed by atoms with Gasteiger partial charge in [-0.3, -0.25) is 0 Å². The van der Waals surface area contributed by atoms with E-state index in [0.717, 1.165) is 54.9 Å². The Labute approximate surface area is 193 Å². The Hall–Kier alpha value is -4.44. The van der Waals surface area contributed by atoms with E-state index in [0.29, 0.717) is 5.71 Å². The second-order valence-electron chi connectivity index (χ2n) is 8.29. The smallest absolute Gasteiger partial charge is 0.331 e. The van der Waals surface area contributed by atoms with Gasteiger partial charge >= 0.3 is 5.71 Å². The molecule has 5 aromatic rings. The van der Waals surface area contributed by atoms with Crippen molar-refractivity contribution in [2.45, 2.75) is 13.8 Å². The van der Waals surface area contributed by atoms with Gasteiger partial charge in [0.1, 0.15) is 0 Å². The molecule has 0 aliphatic rings. The first-order chi connectivity index (χ1) is 16.1. The standard InChI is InChI=1S/C31H22N2/c1-4-22-18-20(2)28(21(3)19-22)31(33-32)30-26-16-10-8-14-24(26)29(23-12-6-5-7-13-23)25-15-9-11-17-27(25)30/h1,5-19H,2-3H3. The number of terminal acetylenes is 1. The summed E-state index contributed by atoms with van der Waals surface area (Å²) in [6, 6.07) is 31.1. The molecule has 156 valence electrons. The van der Waals surface area contributed by atoms with E-state index in [2.05, 4.69) is 71.4 Å². The summed E-state index contributed by atoms with van der Waals surface area (Å²) in [7, 11) is 0. The summed E-state index contributed by atoms with van der Waals surface area (Å²) in [5.74, 6) is 2.72. The van der Waals surface area contributed by atoms with Crippen molar-refractivity contribution < 1.29 is 4.79 Å². The highest BCUT2D eigenvalue weighted by Gasteiger charge is 2.27. The Morgan fingerprint density at radius 2 is 1.18 bits per heavy atom. The zero-order valence-corrected chi connectivity index (χ0v) is 18.6. The van der Waals surface area contributed by atoms with Gasteiger partial charge in [0.05, 0.1) is 11.1 Å². The van der Waals surface area contributed by atoms with Crippen LogP contribution in [0.25, 0.3) is 38.2 Å². The van der Waals surface area contributed by atoms with Crippen LogP contribution in [0.3, 0.4) is 0 Å². The molecule has 5 aromatic carbocycles. The van der Waals surface area contributed by atoms with Crippen molar-refractivity contribution in [3.63, 3.8) is 0 Å². The first-order valence-electron chi connectivity index (χ1n) is 10.9. The highest BCUT2D eigenvalue weighted by atomic mass is 14.9. The van der Waals surface area contributed by atoms with Crippen LogP contribution in [0, 0.1) is 26.2 Å². The molecule has 0 spiro atoms. The molecule has 0 aliphatic carbocycles. The third-order valence-electron chi connectivity index (χ3n) is 6.27. The first kappa shape index (κ1) is 20.5. The molecule has 0 amide bonds. The minimum absolute atomic E-state index is 0.556. The van der Waals surface area contributed by atoms with Crippen LogP contribution in [0.15, 0.2) is 91.0 Å². The van der Waals surface area contributed by atoms with Crippen LogP contribution in [-0.2, 0) is 0 Å². The quantitative estimate of drug-likeness (QED) is 0.0960. The molecular formula is C31H22N2. The van der Waals surface area contributed by atoms with E-state index in [9.17, 15) is 5.53 Å². The van der Waals surface area contributed by atoms with Gasteiger partial charge in [-0.25, -0.2) is 0 Å². The molecule has 0 saturated heterocycles. The average molecular weight is 423 g/mol. The van der Waals surface area contributed by atoms with Crippen molar-refractivity contribution in [3.05, 3.63) is 124 Å². The summed E-state index contributed by atoms with van der Waals surface area (Å²) in [5.41, 5.74) is 17.9. The molecule has 0 aliphatic heterocycles. The van der Waals surface area contributed by atoms with Crippen LogP contribution in [-0.4, -0.2) is 10.5 Å². The number of fused-ring (bicyclic) bond motifs is 2. The summed E-state index contributed by atoms with van der Waals surface area (Å²) in [5, 5.41) is 4.33. The minimum atomic E-state index is 0.556. The van der Waals surface area contributed by atoms with E-state index < -0.39 is 0 Å². The van der Waals surface area contributed by atoms with E-state index >= 15 is 0 Å². The van der Waals surface area contributed by atoms with Crippen molar-refractivity contribution in [3.8, 4) is 23.5 Å². The topological polar surface area (TPSA) is 36.4 Å². The highest BCUT2D eigenvalue weighted by molar-refractivity contribution is 6.29. The number of benzene rings is 5. The fourth-order valence-electron chi connectivity index (χ4n) is 4.94. The normalized spacial score (nSPS) is 10.7. The van der Waals surface area contributed by atoms with Gasteiger partial charge in [0, 0.05) is 5.56 Å². The molecule has 5 rings (SSSR count). The van der Waals surface area contributed by atoms with Gasteiger partial charge in [-0.05, 0) is 69.8 Å². The van der Waals surface area contributed by atoms with Crippen molar-refractivity contribution in [2.24, 2.45) is 0 Å². The van der Waals surface area contributed by atoms with Crippen molar-refractivity contribution >= 4 is 27.3 Å². The molecule has 0 bridgehead atoms. The molecule has 0 radical (unpaired) electrons. The lowest BCUT2D eigenvalue weighted by Crippen LogP contribution is -2.11. The van der Waals surface area contributed by atoms with E-state index in [1.807, 2.05) is 44.2 Å². The third kappa shape index (κ3) is 3.33. The molecule has 2 nitrogen and oxygen atoms in total. The molecule has 0 N–H and O–H groups in total. The Morgan fingerprint density at radius 1 is 0.697 bits per heavy atom. The summed E-state index contributed by atoms with van der Waals surface area (Å²) in [6.07, 6.45) is 5.65. The Morgan fingerprint density at radius 3 is 1.67 bits per heavy atom.